The van der Waals surface area contributed by atoms with Crippen molar-refractivity contribution in [2.45, 2.75) is 18.3 Å². The van der Waals surface area contributed by atoms with E-state index in [0.717, 1.165) is 0 Å². The lowest BCUT2D eigenvalue weighted by Gasteiger charge is -2.43. The van der Waals surface area contributed by atoms with Crippen molar-refractivity contribution in [2.24, 2.45) is 0 Å². The van der Waals surface area contributed by atoms with Crippen LogP contribution in [0.15, 0.2) is 0 Å². The Labute approximate surface area is 122 Å². The Bertz CT molecular complexity index is 499. The fourth-order valence-corrected chi connectivity index (χ4v) is 2.70. The molecule has 22 heavy (non-hydrogen) atoms. The molecule has 0 amide bonds. The Kier molecular flexibility index (Phi) is 8.16. The highest BCUT2D eigenvalue weighted by molar-refractivity contribution is 7.43. The maximum Gasteiger partial charge on any atom is 0.151 e. The van der Waals surface area contributed by atoms with Gasteiger partial charge in [0.2, 0.25) is 0 Å². The highest BCUT2D eigenvalue weighted by atomic mass is 31.2. The van der Waals surface area contributed by atoms with Crippen LogP contribution in [0.1, 0.15) is 0 Å². The van der Waals surface area contributed by atoms with Gasteiger partial charge < -0.3 is 66.5 Å². The summed E-state index contributed by atoms with van der Waals surface area (Å²) >= 11 is 0. The van der Waals surface area contributed by atoms with E-state index in [1.54, 1.807) is 0 Å². The summed E-state index contributed by atoms with van der Waals surface area (Å²) in [7, 11) is -17.8. The largest absolute Gasteiger partial charge is 0.790 e. The van der Waals surface area contributed by atoms with Gasteiger partial charge in [-0.3, -0.25) is 0 Å². The number of carbonyl (C=O) groups excluding carboxylic acids is 1. The molecule has 0 aromatic rings. The number of phosphoric ester groups is 3. The minimum atomic E-state index is -6.00. The molecule has 132 valence electrons. The molecule has 0 heterocycles. The van der Waals surface area contributed by atoms with E-state index in [9.17, 15) is 47.9 Å². The van der Waals surface area contributed by atoms with Gasteiger partial charge in [0, 0.05) is 0 Å². The molecule has 3 atom stereocenters. The maximum absolute atomic E-state index is 10.6. The van der Waals surface area contributed by atoms with E-state index in [-0.39, 0.29) is 0 Å². The second kappa shape index (κ2) is 8.18. The van der Waals surface area contributed by atoms with E-state index in [1.165, 1.54) is 0 Å². The van der Waals surface area contributed by atoms with Crippen LogP contribution in [0.2, 0.25) is 0 Å². The van der Waals surface area contributed by atoms with E-state index in [1.807, 2.05) is 0 Å². The molecule has 0 saturated heterocycles. The van der Waals surface area contributed by atoms with Crippen molar-refractivity contribution in [3.8, 4) is 0 Å². The molecule has 0 saturated carbocycles. The molecule has 0 unspecified atom stereocenters. The van der Waals surface area contributed by atoms with Crippen molar-refractivity contribution < 1.29 is 66.5 Å². The second-order valence-corrected chi connectivity index (χ2v) is 6.76. The third-order valence-corrected chi connectivity index (χ3v) is 3.30. The van der Waals surface area contributed by atoms with Crippen molar-refractivity contribution in [1.29, 1.82) is 0 Å². The van der Waals surface area contributed by atoms with Crippen molar-refractivity contribution in [3.05, 3.63) is 0 Å². The Hall–Kier alpha value is -0.0400. The zero-order valence-corrected chi connectivity index (χ0v) is 12.8. The van der Waals surface area contributed by atoms with Gasteiger partial charge in [-0.2, -0.15) is 0 Å². The number of rotatable bonds is 10. The van der Waals surface area contributed by atoms with Gasteiger partial charge in [-0.05, 0) is 0 Å². The highest BCUT2D eigenvalue weighted by Gasteiger charge is 2.34. The van der Waals surface area contributed by atoms with Gasteiger partial charge >= 0.3 is 0 Å². The summed E-state index contributed by atoms with van der Waals surface area (Å²) < 4.78 is 42.1. The standard InChI is InChI=1S/C5H13O14P3/c6-1-3(17-20(8,9)10)5(19-22(14,15)16)4(2-7)18-21(11,12)13/h1,3-5,7H,2H2,(H2,8,9,10)(H2,11,12,13)(H2,14,15,16)/p-6/t3-,4+,5-/m0/s1. The first-order chi connectivity index (χ1) is 9.68. The van der Waals surface area contributed by atoms with Crippen LogP contribution in [0.25, 0.3) is 0 Å². The zero-order valence-electron chi connectivity index (χ0n) is 10.1. The number of carbonyl (C=O) groups is 1. The molecule has 14 nitrogen and oxygen atoms in total. The van der Waals surface area contributed by atoms with Crippen LogP contribution in [0.4, 0.5) is 0 Å². The summed E-state index contributed by atoms with van der Waals surface area (Å²) in [5.74, 6) is 0. The third-order valence-electron chi connectivity index (χ3n) is 1.77. The number of aldehydes is 1. The predicted octanol–water partition coefficient (Wildman–Crippen LogP) is -6.18. The van der Waals surface area contributed by atoms with E-state index >= 15 is 0 Å². The molecule has 17 heteroatoms. The number of phosphoric acid groups is 3. The summed E-state index contributed by atoms with van der Waals surface area (Å²) in [4.78, 5) is 73.3. The van der Waals surface area contributed by atoms with Gasteiger partial charge in [0.25, 0.3) is 0 Å². The van der Waals surface area contributed by atoms with Crippen molar-refractivity contribution in [1.82, 2.24) is 0 Å². The first-order valence-electron chi connectivity index (χ1n) is 4.86. The lowest BCUT2D eigenvalue weighted by molar-refractivity contribution is -0.362. The number of aliphatic hydroxyl groups excluding tert-OH is 1. The van der Waals surface area contributed by atoms with E-state index in [4.69, 9.17) is 5.11 Å². The number of hydrogen-bond acceptors (Lipinski definition) is 14. The molecule has 0 spiro atoms. The fourth-order valence-electron chi connectivity index (χ4n) is 1.16. The molecule has 0 bridgehead atoms. The molecule has 0 aliphatic rings. The zero-order chi connectivity index (χ0) is 17.8. The minimum Gasteiger partial charge on any atom is -0.790 e. The average Bonchev–Trinajstić information content (AvgIpc) is 2.27. The summed E-state index contributed by atoms with van der Waals surface area (Å²) in [6, 6.07) is 0. The van der Waals surface area contributed by atoms with Crippen LogP contribution in [-0.2, 0) is 32.1 Å². The summed E-state index contributed by atoms with van der Waals surface area (Å²) in [6.45, 7) is -1.52. The number of aliphatic hydroxyl groups is 1. The van der Waals surface area contributed by atoms with Crippen molar-refractivity contribution in [3.63, 3.8) is 0 Å². The van der Waals surface area contributed by atoms with Crippen molar-refractivity contribution in [2.75, 3.05) is 6.61 Å². The number of hydrogen-bond donors (Lipinski definition) is 1. The van der Waals surface area contributed by atoms with Crippen molar-refractivity contribution >= 4 is 29.8 Å². The molecule has 0 rings (SSSR count). The predicted molar refractivity (Wildman–Crippen MR) is 50.6 cm³/mol. The van der Waals surface area contributed by atoms with Crippen LogP contribution in [-0.4, -0.2) is 36.3 Å². The molecular weight excluding hydrogens is 377 g/mol. The average molecular weight is 384 g/mol. The van der Waals surface area contributed by atoms with Crippen LogP contribution in [0.5, 0.6) is 0 Å². The van der Waals surface area contributed by atoms with Gasteiger partial charge in [0.05, 0.1) is 30.1 Å². The van der Waals surface area contributed by atoms with Crippen LogP contribution in [0.3, 0.4) is 0 Å². The smallest absolute Gasteiger partial charge is 0.151 e. The van der Waals surface area contributed by atoms with Gasteiger partial charge in [-0.15, -0.1) is 0 Å². The normalized spacial score (nSPS) is 17.8. The Balaban J connectivity index is 5.57. The Morgan fingerprint density at radius 2 is 1.27 bits per heavy atom. The molecule has 0 aromatic heterocycles. The van der Waals surface area contributed by atoms with Gasteiger partial charge in [0.1, 0.15) is 18.3 Å². The second-order valence-electron chi connectivity index (χ2n) is 3.44. The lowest BCUT2D eigenvalue weighted by Crippen LogP contribution is -2.47. The van der Waals surface area contributed by atoms with E-state index in [0.29, 0.717) is 0 Å². The minimum absolute atomic E-state index is 0.546. The van der Waals surface area contributed by atoms with E-state index in [2.05, 4.69) is 13.6 Å². The molecule has 0 aliphatic carbocycles. The molecule has 1 N–H and O–H groups in total. The Morgan fingerprint density at radius 1 is 0.864 bits per heavy atom. The molecule has 0 aliphatic heterocycles. The van der Waals surface area contributed by atoms with E-state index < -0.39 is 54.7 Å². The van der Waals surface area contributed by atoms with Crippen LogP contribution < -0.4 is 29.4 Å². The summed E-state index contributed by atoms with van der Waals surface area (Å²) in [5.41, 5.74) is 0. The molecule has 0 fully saturated rings. The third kappa shape index (κ3) is 9.87. The van der Waals surface area contributed by atoms with Gasteiger partial charge in [0.15, 0.2) is 6.29 Å². The highest BCUT2D eigenvalue weighted by Crippen LogP contribution is 2.38. The lowest BCUT2D eigenvalue weighted by atomic mass is 10.1. The molecular formula is C5H7O14P3-6. The molecule has 0 radical (unpaired) electrons. The Morgan fingerprint density at radius 3 is 1.55 bits per heavy atom. The quantitative estimate of drug-likeness (QED) is 0.271. The monoisotopic (exact) mass is 384 g/mol. The van der Waals surface area contributed by atoms with Crippen LogP contribution in [0, 0.1) is 0 Å². The molecule has 0 aromatic carbocycles. The SMILES string of the molecule is O=C[C@H](OP(=O)([O-])[O-])[C@H](OP(=O)([O-])[O-])[C@@H](CO)OP(=O)([O-])[O-]. The fraction of sp³-hybridized carbons (Fsp3) is 0.800. The summed E-state index contributed by atoms with van der Waals surface area (Å²) in [6.07, 6.45) is -8.47. The topological polar surface area (TPSA) is 255 Å². The van der Waals surface area contributed by atoms with Gasteiger partial charge in [-0.25, -0.2) is 0 Å². The first kappa shape index (κ1) is 22.0. The summed E-state index contributed by atoms with van der Waals surface area (Å²) in [5, 5.41) is 8.80. The van der Waals surface area contributed by atoms with Gasteiger partial charge in [-0.1, -0.05) is 0 Å². The van der Waals surface area contributed by atoms with Crippen LogP contribution >= 0.6 is 23.5 Å². The first-order valence-corrected chi connectivity index (χ1v) is 9.24. The maximum atomic E-state index is 10.6.